The molecule has 0 radical (unpaired) electrons. The number of piperazine rings is 1. The number of carbonyl (C=O) groups excluding carboxylic acids is 1. The number of aryl methyl sites for hydroxylation is 1. The van der Waals surface area contributed by atoms with Crippen molar-refractivity contribution in [3.05, 3.63) is 57.0 Å². The molecule has 0 spiro atoms. The van der Waals surface area contributed by atoms with E-state index in [9.17, 15) is 9.59 Å². The highest BCUT2D eigenvalue weighted by atomic mass is 32.1. The Balaban J connectivity index is 1.03. The van der Waals surface area contributed by atoms with Crippen molar-refractivity contribution in [1.29, 1.82) is 0 Å². The molecule has 4 aliphatic rings. The van der Waals surface area contributed by atoms with Crippen LogP contribution >= 0.6 is 12.2 Å². The van der Waals surface area contributed by atoms with Crippen LogP contribution < -0.4 is 15.6 Å². The predicted molar refractivity (Wildman–Crippen MR) is 192 cm³/mol. The van der Waals surface area contributed by atoms with Gasteiger partial charge >= 0.3 is 0 Å². The molecule has 48 heavy (non-hydrogen) atoms. The van der Waals surface area contributed by atoms with Gasteiger partial charge in [0.1, 0.15) is 6.04 Å². The molecule has 0 bridgehead atoms. The van der Waals surface area contributed by atoms with Crippen LogP contribution in [0, 0.1) is 6.92 Å². The number of nitrogens with zero attached hydrogens (tertiary/aromatic N) is 5. The van der Waals surface area contributed by atoms with Crippen molar-refractivity contribution < 1.29 is 9.53 Å². The summed E-state index contributed by atoms with van der Waals surface area (Å²) in [6.45, 7) is 14.0. The van der Waals surface area contributed by atoms with Gasteiger partial charge in [0.05, 0.1) is 18.3 Å². The first kappa shape index (κ1) is 33.0. The summed E-state index contributed by atoms with van der Waals surface area (Å²) in [6.07, 6.45) is 6.41. The molecule has 0 saturated carbocycles. The number of likely N-dealkylation sites (tertiary alicyclic amines) is 2. The van der Waals surface area contributed by atoms with Gasteiger partial charge in [-0.1, -0.05) is 19.9 Å². The van der Waals surface area contributed by atoms with E-state index in [-0.39, 0.29) is 22.8 Å². The molecule has 12 heteroatoms. The Bertz CT molecular complexity index is 1710. The molecule has 11 nitrogen and oxygen atoms in total. The van der Waals surface area contributed by atoms with E-state index in [4.69, 9.17) is 17.0 Å². The second-order valence-electron chi connectivity index (χ2n) is 15.1. The van der Waals surface area contributed by atoms with Crippen molar-refractivity contribution in [3.8, 4) is 5.88 Å². The minimum Gasteiger partial charge on any atom is -0.478 e. The molecule has 3 aromatic rings. The fourth-order valence-corrected chi connectivity index (χ4v) is 8.49. The summed E-state index contributed by atoms with van der Waals surface area (Å²) < 4.78 is 5.76. The van der Waals surface area contributed by atoms with Gasteiger partial charge in [0.25, 0.3) is 5.56 Å². The maximum atomic E-state index is 14.3. The van der Waals surface area contributed by atoms with Crippen LogP contribution in [-0.2, 0) is 16.6 Å². The average Bonchev–Trinajstić information content (AvgIpc) is 3.68. The molecule has 1 aromatic carbocycles. The first-order chi connectivity index (χ1) is 23.1. The summed E-state index contributed by atoms with van der Waals surface area (Å²) in [7, 11) is 2.20. The maximum absolute atomic E-state index is 14.3. The normalized spacial score (nSPS) is 21.7. The standard InChI is InChI=1S/C36H50N8O3S/c1-23-17-24(18-26-21-37-40-31(23)26)19-30(34(46)43-15-13-42(14-16-43)27-7-9-41(4)10-8-27)38-35(48)44-11-5-25(6-12-44)28-20-29-33(39-32(28)45)47-22-36(29,2)3/h17-18,20-21,25,27,30H,5-16,19,22H2,1-4H3,(H,37,40)(H,38,48)(H,39,45)/t30-/m1/s1. The maximum Gasteiger partial charge on any atom is 0.254 e. The van der Waals surface area contributed by atoms with Gasteiger partial charge in [0, 0.05) is 73.7 Å². The van der Waals surface area contributed by atoms with Crippen LogP contribution in [0.1, 0.15) is 67.7 Å². The van der Waals surface area contributed by atoms with E-state index in [0.29, 0.717) is 30.1 Å². The number of amides is 1. The van der Waals surface area contributed by atoms with E-state index in [1.807, 2.05) is 11.1 Å². The third-order valence-electron chi connectivity index (χ3n) is 11.2. The lowest BCUT2D eigenvalue weighted by Gasteiger charge is -2.43. The van der Waals surface area contributed by atoms with Crippen molar-refractivity contribution in [2.24, 2.45) is 0 Å². The van der Waals surface area contributed by atoms with Crippen molar-refractivity contribution in [2.45, 2.75) is 76.3 Å². The molecule has 0 unspecified atom stereocenters. The molecule has 7 rings (SSSR count). The molecule has 4 aliphatic heterocycles. The lowest BCUT2D eigenvalue weighted by Crippen LogP contribution is -2.59. The first-order valence-corrected chi connectivity index (χ1v) is 18.1. The van der Waals surface area contributed by atoms with Gasteiger partial charge in [-0.2, -0.15) is 5.10 Å². The van der Waals surface area contributed by atoms with E-state index in [0.717, 1.165) is 98.4 Å². The third kappa shape index (κ3) is 6.71. The highest BCUT2D eigenvalue weighted by Crippen LogP contribution is 2.38. The lowest BCUT2D eigenvalue weighted by atomic mass is 9.84. The van der Waals surface area contributed by atoms with Crippen LogP contribution in [0.4, 0.5) is 0 Å². The van der Waals surface area contributed by atoms with E-state index < -0.39 is 6.04 Å². The zero-order valence-electron chi connectivity index (χ0n) is 28.8. The molecular formula is C36H50N8O3S. The van der Waals surface area contributed by atoms with Gasteiger partial charge in [-0.15, -0.1) is 0 Å². The number of aromatic amines is 2. The number of nitrogens with one attached hydrogen (secondary N) is 3. The minimum atomic E-state index is -0.476. The minimum absolute atomic E-state index is 0.0583. The second kappa shape index (κ2) is 13.4. The smallest absolute Gasteiger partial charge is 0.254 e. The number of benzene rings is 1. The number of ether oxygens (including phenoxy) is 1. The van der Waals surface area contributed by atoms with Gasteiger partial charge in [0.15, 0.2) is 11.0 Å². The Hall–Kier alpha value is -3.48. The van der Waals surface area contributed by atoms with Gasteiger partial charge in [0.2, 0.25) is 5.91 Å². The van der Waals surface area contributed by atoms with Crippen molar-refractivity contribution in [1.82, 2.24) is 40.1 Å². The van der Waals surface area contributed by atoms with Gasteiger partial charge in [-0.3, -0.25) is 24.6 Å². The van der Waals surface area contributed by atoms with Crippen molar-refractivity contribution >= 4 is 34.1 Å². The highest BCUT2D eigenvalue weighted by molar-refractivity contribution is 7.80. The number of aromatic nitrogens is 3. The van der Waals surface area contributed by atoms with Crippen LogP contribution in [0.5, 0.6) is 5.88 Å². The molecule has 3 fully saturated rings. The zero-order valence-corrected chi connectivity index (χ0v) is 29.6. The third-order valence-corrected chi connectivity index (χ3v) is 11.6. The number of hydrogen-bond donors (Lipinski definition) is 3. The van der Waals surface area contributed by atoms with E-state index in [2.05, 4.69) is 81.2 Å². The zero-order chi connectivity index (χ0) is 33.6. The Morgan fingerprint density at radius 3 is 2.50 bits per heavy atom. The average molecular weight is 675 g/mol. The van der Waals surface area contributed by atoms with Crippen LogP contribution in [0.25, 0.3) is 10.9 Å². The summed E-state index contributed by atoms with van der Waals surface area (Å²) in [4.78, 5) is 39.5. The van der Waals surface area contributed by atoms with Gasteiger partial charge in [-0.05, 0) is 94.1 Å². The largest absolute Gasteiger partial charge is 0.478 e. The van der Waals surface area contributed by atoms with Crippen LogP contribution in [0.15, 0.2) is 29.2 Å². The fourth-order valence-electron chi connectivity index (χ4n) is 8.17. The number of carbonyl (C=O) groups is 1. The molecule has 2 aromatic heterocycles. The number of thiocarbonyl (C=S) groups is 1. The quantitative estimate of drug-likeness (QED) is 0.340. The molecule has 258 valence electrons. The molecule has 3 N–H and O–H groups in total. The Labute approximate surface area is 288 Å². The molecule has 3 saturated heterocycles. The number of pyridine rings is 1. The number of fused-ring (bicyclic) bond motifs is 2. The summed E-state index contributed by atoms with van der Waals surface area (Å²) in [5, 5.41) is 12.5. The molecular weight excluding hydrogens is 625 g/mol. The predicted octanol–water partition coefficient (Wildman–Crippen LogP) is 3.13. The van der Waals surface area contributed by atoms with Crippen LogP contribution in [0.2, 0.25) is 0 Å². The Morgan fingerprint density at radius 2 is 1.77 bits per heavy atom. The fraction of sp³-hybridized carbons (Fsp3) is 0.611. The number of rotatable bonds is 6. The summed E-state index contributed by atoms with van der Waals surface area (Å²) in [5.74, 6) is 0.866. The van der Waals surface area contributed by atoms with Crippen LogP contribution in [0.3, 0.4) is 0 Å². The SMILES string of the molecule is Cc1cc(C[C@@H](NC(=S)N2CCC(c3cc4c([nH]c3=O)OCC4(C)C)CC2)C(=O)N2CCN(C3CCN(C)CC3)CC2)cc2cn[nH]c12. The summed E-state index contributed by atoms with van der Waals surface area (Å²) >= 11 is 6.00. The van der Waals surface area contributed by atoms with Crippen molar-refractivity contribution in [3.63, 3.8) is 0 Å². The monoisotopic (exact) mass is 674 g/mol. The topological polar surface area (TPSA) is 113 Å². The highest BCUT2D eigenvalue weighted by Gasteiger charge is 2.36. The van der Waals surface area contributed by atoms with E-state index in [1.54, 1.807) is 0 Å². The summed E-state index contributed by atoms with van der Waals surface area (Å²) in [6, 6.07) is 6.48. The summed E-state index contributed by atoms with van der Waals surface area (Å²) in [5.41, 5.74) is 4.95. The lowest BCUT2D eigenvalue weighted by molar-refractivity contribution is -0.135. The Morgan fingerprint density at radius 1 is 1.04 bits per heavy atom. The molecule has 1 atom stereocenters. The number of H-pyrrole nitrogens is 2. The van der Waals surface area contributed by atoms with Crippen molar-refractivity contribution in [2.75, 3.05) is 66.0 Å². The van der Waals surface area contributed by atoms with E-state index >= 15 is 0 Å². The number of piperidine rings is 2. The molecule has 1 amide bonds. The molecule has 6 heterocycles. The van der Waals surface area contributed by atoms with Gasteiger partial charge in [-0.25, -0.2) is 0 Å². The molecule has 0 aliphatic carbocycles. The number of hydrogen-bond acceptors (Lipinski definition) is 7. The van der Waals surface area contributed by atoms with Crippen LogP contribution in [-0.4, -0.2) is 124 Å². The Kier molecular flexibility index (Phi) is 9.25. The van der Waals surface area contributed by atoms with Gasteiger partial charge < -0.3 is 24.8 Å². The second-order valence-corrected chi connectivity index (χ2v) is 15.5. The first-order valence-electron chi connectivity index (χ1n) is 17.7. The van der Waals surface area contributed by atoms with E-state index in [1.165, 1.54) is 12.8 Å².